The third-order valence-corrected chi connectivity index (χ3v) is 3.76. The summed E-state index contributed by atoms with van der Waals surface area (Å²) in [6.07, 6.45) is 2.61. The molecule has 0 radical (unpaired) electrons. The first-order valence-electron chi connectivity index (χ1n) is 7.13. The number of benzene rings is 1. The summed E-state index contributed by atoms with van der Waals surface area (Å²) in [5.41, 5.74) is 2.70. The first-order valence-corrected chi connectivity index (χ1v) is 7.13. The molecule has 0 atom stereocenters. The van der Waals surface area contributed by atoms with Crippen LogP contribution in [0.1, 0.15) is 12.0 Å². The molecule has 2 aliphatic rings. The van der Waals surface area contributed by atoms with Crippen molar-refractivity contribution in [1.82, 2.24) is 4.90 Å². The van der Waals surface area contributed by atoms with Gasteiger partial charge in [0.05, 0.1) is 19.8 Å². The SMILES string of the molecule is O=C(C1=CCC(c2ccc(O)cc2)=NC1)N1CCOCC1. The second-order valence-electron chi connectivity index (χ2n) is 5.15. The molecule has 1 fully saturated rings. The highest BCUT2D eigenvalue weighted by Gasteiger charge is 2.22. The zero-order valence-electron chi connectivity index (χ0n) is 11.8. The smallest absolute Gasteiger partial charge is 0.251 e. The van der Waals surface area contributed by atoms with Crippen LogP contribution < -0.4 is 0 Å². The van der Waals surface area contributed by atoms with Crippen LogP contribution in [0.15, 0.2) is 40.9 Å². The molecule has 110 valence electrons. The number of aliphatic imine (C=N–C) groups is 1. The molecule has 1 saturated heterocycles. The molecule has 0 aliphatic carbocycles. The van der Waals surface area contributed by atoms with Gasteiger partial charge in [-0.3, -0.25) is 9.79 Å². The molecule has 0 spiro atoms. The number of carbonyl (C=O) groups excluding carboxylic acids is 1. The number of hydrogen-bond acceptors (Lipinski definition) is 4. The largest absolute Gasteiger partial charge is 0.508 e. The van der Waals surface area contributed by atoms with Gasteiger partial charge in [-0.2, -0.15) is 0 Å². The third kappa shape index (κ3) is 3.13. The Labute approximate surface area is 123 Å². The lowest BCUT2D eigenvalue weighted by atomic mass is 10.0. The lowest BCUT2D eigenvalue weighted by Crippen LogP contribution is -2.42. The molecule has 21 heavy (non-hydrogen) atoms. The summed E-state index contributed by atoms with van der Waals surface area (Å²) in [5, 5.41) is 9.30. The lowest BCUT2D eigenvalue weighted by molar-refractivity contribution is -0.131. The highest BCUT2D eigenvalue weighted by Crippen LogP contribution is 2.17. The Morgan fingerprint density at radius 1 is 1.19 bits per heavy atom. The quantitative estimate of drug-likeness (QED) is 0.893. The maximum absolute atomic E-state index is 12.3. The minimum absolute atomic E-state index is 0.0757. The lowest BCUT2D eigenvalue weighted by Gasteiger charge is -2.28. The number of carbonyl (C=O) groups is 1. The predicted molar refractivity (Wildman–Crippen MR) is 79.6 cm³/mol. The summed E-state index contributed by atoms with van der Waals surface area (Å²) in [6, 6.07) is 6.99. The Morgan fingerprint density at radius 2 is 1.90 bits per heavy atom. The molecule has 3 rings (SSSR count). The number of amides is 1. The number of hydrogen-bond donors (Lipinski definition) is 1. The van der Waals surface area contributed by atoms with Gasteiger partial charge in [0.25, 0.3) is 5.91 Å². The zero-order valence-corrected chi connectivity index (χ0v) is 11.8. The van der Waals surface area contributed by atoms with E-state index in [9.17, 15) is 9.90 Å². The first-order chi connectivity index (χ1) is 10.2. The Morgan fingerprint density at radius 3 is 2.52 bits per heavy atom. The van der Waals surface area contributed by atoms with Gasteiger partial charge in [-0.1, -0.05) is 6.08 Å². The second kappa shape index (κ2) is 6.10. The summed E-state index contributed by atoms with van der Waals surface area (Å²) in [7, 11) is 0. The Hall–Kier alpha value is -2.14. The van der Waals surface area contributed by atoms with Crippen molar-refractivity contribution in [3.05, 3.63) is 41.5 Å². The maximum atomic E-state index is 12.3. The number of rotatable bonds is 2. The molecule has 0 aromatic heterocycles. The monoisotopic (exact) mass is 286 g/mol. The number of allylic oxidation sites excluding steroid dienone is 1. The van der Waals surface area contributed by atoms with Crippen molar-refractivity contribution in [2.45, 2.75) is 6.42 Å². The van der Waals surface area contributed by atoms with Crippen molar-refractivity contribution in [3.8, 4) is 5.75 Å². The molecule has 5 heteroatoms. The van der Waals surface area contributed by atoms with Crippen LogP contribution >= 0.6 is 0 Å². The molecular formula is C16H18N2O3. The summed E-state index contributed by atoms with van der Waals surface area (Å²) in [4.78, 5) is 18.7. The third-order valence-electron chi connectivity index (χ3n) is 3.76. The van der Waals surface area contributed by atoms with Crippen LogP contribution in [0, 0.1) is 0 Å². The maximum Gasteiger partial charge on any atom is 0.251 e. The summed E-state index contributed by atoms with van der Waals surface area (Å²) in [6.45, 7) is 2.96. The number of dihydropyridines is 1. The van der Waals surface area contributed by atoms with Gasteiger partial charge in [-0.15, -0.1) is 0 Å². The van der Waals surface area contributed by atoms with Crippen molar-refractivity contribution in [2.75, 3.05) is 32.8 Å². The van der Waals surface area contributed by atoms with Crippen LogP contribution in [-0.4, -0.2) is 54.5 Å². The highest BCUT2D eigenvalue weighted by atomic mass is 16.5. The fraction of sp³-hybridized carbons (Fsp3) is 0.375. The second-order valence-corrected chi connectivity index (χ2v) is 5.15. The van der Waals surface area contributed by atoms with Gasteiger partial charge >= 0.3 is 0 Å². The summed E-state index contributed by atoms with van der Waals surface area (Å²) < 4.78 is 5.26. The van der Waals surface area contributed by atoms with E-state index < -0.39 is 0 Å². The molecule has 2 aliphatic heterocycles. The topological polar surface area (TPSA) is 62.1 Å². The predicted octanol–water partition coefficient (Wildman–Crippen LogP) is 1.37. The molecule has 0 bridgehead atoms. The fourth-order valence-electron chi connectivity index (χ4n) is 2.52. The number of phenolic OH excluding ortho intramolecular Hbond substituents is 1. The van der Waals surface area contributed by atoms with Gasteiger partial charge in [0, 0.05) is 30.8 Å². The van der Waals surface area contributed by atoms with E-state index in [4.69, 9.17) is 4.74 Å². The summed E-state index contributed by atoms with van der Waals surface area (Å²) >= 11 is 0. The van der Waals surface area contributed by atoms with Gasteiger partial charge in [0.2, 0.25) is 0 Å². The number of nitrogens with zero attached hydrogens (tertiary/aromatic N) is 2. The van der Waals surface area contributed by atoms with Crippen molar-refractivity contribution >= 4 is 11.6 Å². The van der Waals surface area contributed by atoms with Crippen LogP contribution in [0.25, 0.3) is 0 Å². The molecule has 0 saturated carbocycles. The van der Waals surface area contributed by atoms with Gasteiger partial charge < -0.3 is 14.7 Å². The molecule has 1 aromatic rings. The molecule has 1 N–H and O–H groups in total. The number of aromatic hydroxyl groups is 1. The fourth-order valence-corrected chi connectivity index (χ4v) is 2.52. The Kier molecular flexibility index (Phi) is 4.01. The number of morpholine rings is 1. The molecule has 1 amide bonds. The van der Waals surface area contributed by atoms with E-state index in [1.54, 1.807) is 12.1 Å². The van der Waals surface area contributed by atoms with Crippen LogP contribution in [0.5, 0.6) is 5.75 Å². The standard InChI is InChI=1S/C16H18N2O3/c19-14-4-1-12(2-5-14)15-6-3-13(11-17-15)16(20)18-7-9-21-10-8-18/h1-5,19H,6-11H2. The van der Waals surface area contributed by atoms with E-state index in [2.05, 4.69) is 4.99 Å². The Balaban J connectivity index is 1.65. The van der Waals surface area contributed by atoms with E-state index in [1.165, 1.54) is 0 Å². The highest BCUT2D eigenvalue weighted by molar-refractivity contribution is 6.04. The van der Waals surface area contributed by atoms with Gasteiger partial charge in [-0.05, 0) is 29.8 Å². The van der Waals surface area contributed by atoms with E-state index in [1.807, 2.05) is 23.1 Å². The van der Waals surface area contributed by atoms with Crippen LogP contribution in [-0.2, 0) is 9.53 Å². The van der Waals surface area contributed by atoms with Crippen LogP contribution in [0.3, 0.4) is 0 Å². The van der Waals surface area contributed by atoms with E-state index in [0.717, 1.165) is 16.8 Å². The van der Waals surface area contributed by atoms with Gasteiger partial charge in [-0.25, -0.2) is 0 Å². The van der Waals surface area contributed by atoms with E-state index >= 15 is 0 Å². The van der Waals surface area contributed by atoms with Crippen LogP contribution in [0.2, 0.25) is 0 Å². The van der Waals surface area contributed by atoms with Gasteiger partial charge in [0.15, 0.2) is 0 Å². The average molecular weight is 286 g/mol. The number of phenols is 1. The molecule has 5 nitrogen and oxygen atoms in total. The van der Waals surface area contributed by atoms with Crippen molar-refractivity contribution in [3.63, 3.8) is 0 Å². The first kappa shape index (κ1) is 13.8. The molecule has 1 aromatic carbocycles. The van der Waals surface area contributed by atoms with Crippen molar-refractivity contribution < 1.29 is 14.6 Å². The minimum Gasteiger partial charge on any atom is -0.508 e. The van der Waals surface area contributed by atoms with Crippen molar-refractivity contribution in [2.24, 2.45) is 4.99 Å². The average Bonchev–Trinajstić information content (AvgIpc) is 2.56. The zero-order chi connectivity index (χ0) is 14.7. The molecular weight excluding hydrogens is 268 g/mol. The Bertz CT molecular complexity index is 584. The van der Waals surface area contributed by atoms with E-state index in [-0.39, 0.29) is 11.7 Å². The number of ether oxygens (including phenoxy) is 1. The minimum atomic E-state index is 0.0757. The van der Waals surface area contributed by atoms with Gasteiger partial charge in [0.1, 0.15) is 5.75 Å². The molecule has 2 heterocycles. The normalized spacial score (nSPS) is 19.0. The van der Waals surface area contributed by atoms with Crippen LogP contribution in [0.4, 0.5) is 0 Å². The van der Waals surface area contributed by atoms with Crippen molar-refractivity contribution in [1.29, 1.82) is 0 Å². The summed E-state index contributed by atoms with van der Waals surface area (Å²) in [5.74, 6) is 0.320. The van der Waals surface area contributed by atoms with E-state index in [0.29, 0.717) is 39.3 Å². The molecule has 0 unspecified atom stereocenters.